The van der Waals surface area contributed by atoms with Gasteiger partial charge in [0.15, 0.2) is 0 Å². The monoisotopic (exact) mass is 457 g/mol. The van der Waals surface area contributed by atoms with Crippen molar-refractivity contribution in [1.82, 2.24) is 0 Å². The topological polar surface area (TPSA) is 97.5 Å². The van der Waals surface area contributed by atoms with Gasteiger partial charge in [0.1, 0.15) is 0 Å². The average molecular weight is 458 g/mol. The van der Waals surface area contributed by atoms with Crippen molar-refractivity contribution in [2.24, 2.45) is 0 Å². The van der Waals surface area contributed by atoms with Crippen molar-refractivity contribution in [3.63, 3.8) is 0 Å². The molecule has 0 saturated heterocycles. The second-order valence-corrected chi connectivity index (χ2v) is 10.4. The first-order chi connectivity index (χ1) is 12.1. The molecule has 1 N–H and O–H groups in total. The average Bonchev–Trinajstić information content (AvgIpc) is 2.54. The first-order valence-corrected chi connectivity index (χ1v) is 10.2. The molecule has 0 aliphatic carbocycles. The van der Waals surface area contributed by atoms with Crippen LogP contribution < -0.4 is 0 Å². The van der Waals surface area contributed by atoms with Gasteiger partial charge in [-0.3, -0.25) is 0 Å². The van der Waals surface area contributed by atoms with Crippen LogP contribution in [-0.4, -0.2) is 36.3 Å². The summed E-state index contributed by atoms with van der Waals surface area (Å²) in [4.78, 5) is 34.7. The molecule has 0 aliphatic heterocycles. The van der Waals surface area contributed by atoms with Gasteiger partial charge in [0.25, 0.3) is 0 Å². The fourth-order valence-corrected chi connectivity index (χ4v) is 5.96. The molecule has 0 spiro atoms. The number of carboxylic acids is 1. The Labute approximate surface area is 166 Å². The van der Waals surface area contributed by atoms with E-state index in [1.165, 1.54) is 43.3 Å². The zero-order chi connectivity index (χ0) is 19.5. The Bertz CT molecular complexity index is 852. The van der Waals surface area contributed by atoms with Crippen LogP contribution in [0.5, 0.6) is 0 Å². The molecule has 0 bridgehead atoms. The number of aliphatic carboxylic acids is 1. The molecule has 0 amide bonds. The normalized spacial score (nSPS) is 13.5. The molecule has 0 radical (unpaired) electrons. The summed E-state index contributed by atoms with van der Waals surface area (Å²) in [6, 6.07) is 10.3. The van der Waals surface area contributed by atoms with Crippen LogP contribution in [0.15, 0.2) is 42.5 Å². The standard InChI is InChI=1S/C17H14AsCl2NO5/c1-17(16(23)24,9-10-5-7-11(8-6-10)21(25)26)18-15(22)14-12(19)3-2-4-13(14)20/h2-8,18H,9H2,1H3,(H,23,24). The Hall–Kier alpha value is -1.88. The van der Waals surface area contributed by atoms with Crippen LogP contribution in [0.2, 0.25) is 14.2 Å². The fourth-order valence-electron chi connectivity index (χ4n) is 2.34. The maximum absolute atomic E-state index is 12.7. The SMILES string of the molecule is CC(Cc1ccc([N+](=O)[O-])cc1)([AsH]C(=O)c1c(Cl)cccc1Cl)C(=O)O. The van der Waals surface area contributed by atoms with Gasteiger partial charge in [0.2, 0.25) is 0 Å². The number of hydrogen-bond acceptors (Lipinski definition) is 4. The predicted molar refractivity (Wildman–Crippen MR) is 101 cm³/mol. The minimum atomic E-state index is -1.69. The van der Waals surface area contributed by atoms with Gasteiger partial charge in [-0.15, -0.1) is 0 Å². The third-order valence-corrected chi connectivity index (χ3v) is 7.36. The maximum atomic E-state index is 12.7. The minimum absolute atomic E-state index is 0.0775. The number of benzene rings is 2. The number of halogens is 2. The molecule has 0 heterocycles. The van der Waals surface area contributed by atoms with E-state index in [1.54, 1.807) is 6.07 Å². The van der Waals surface area contributed by atoms with Crippen molar-refractivity contribution >= 4 is 55.2 Å². The summed E-state index contributed by atoms with van der Waals surface area (Å²) >= 11 is 10.4. The number of nitrogens with zero attached hydrogens (tertiary/aromatic N) is 1. The van der Waals surface area contributed by atoms with E-state index in [0.29, 0.717) is 5.56 Å². The number of carboxylic acid groups (broad SMARTS) is 1. The third-order valence-electron chi connectivity index (χ3n) is 3.76. The van der Waals surface area contributed by atoms with Crippen LogP contribution in [0, 0.1) is 10.1 Å². The van der Waals surface area contributed by atoms with E-state index in [0.717, 1.165) is 0 Å². The summed E-state index contributed by atoms with van der Waals surface area (Å²) < 4.78 is -1.65. The van der Waals surface area contributed by atoms with E-state index in [-0.39, 0.29) is 32.3 Å². The summed E-state index contributed by atoms with van der Waals surface area (Å²) in [6.45, 7) is 1.50. The predicted octanol–water partition coefficient (Wildman–Crippen LogP) is 3.98. The van der Waals surface area contributed by atoms with Crippen molar-refractivity contribution in [2.75, 3.05) is 0 Å². The number of carbonyl (C=O) groups excluding carboxylic acids is 1. The molecule has 2 aromatic carbocycles. The molecule has 2 unspecified atom stereocenters. The molecule has 136 valence electrons. The van der Waals surface area contributed by atoms with Gasteiger partial charge in [-0.05, 0) is 0 Å². The van der Waals surface area contributed by atoms with Crippen molar-refractivity contribution in [1.29, 1.82) is 0 Å². The number of carbonyl (C=O) groups is 2. The molecular formula is C17H14AsCl2NO5. The van der Waals surface area contributed by atoms with E-state index in [4.69, 9.17) is 23.2 Å². The van der Waals surface area contributed by atoms with Crippen molar-refractivity contribution in [3.05, 3.63) is 73.8 Å². The van der Waals surface area contributed by atoms with Crippen LogP contribution in [0.3, 0.4) is 0 Å². The third kappa shape index (κ3) is 4.64. The van der Waals surface area contributed by atoms with E-state index >= 15 is 0 Å². The first-order valence-electron chi connectivity index (χ1n) is 7.37. The molecule has 6 nitrogen and oxygen atoms in total. The van der Waals surface area contributed by atoms with Gasteiger partial charge in [0.05, 0.1) is 0 Å². The summed E-state index contributed by atoms with van der Waals surface area (Å²) in [6.07, 6.45) is 0.0775. The molecule has 0 aliphatic rings. The van der Waals surface area contributed by atoms with Gasteiger partial charge < -0.3 is 0 Å². The molecule has 26 heavy (non-hydrogen) atoms. The number of non-ortho nitro benzene ring substituents is 1. The van der Waals surface area contributed by atoms with Crippen LogP contribution in [0.4, 0.5) is 5.69 Å². The first kappa shape index (κ1) is 20.4. The zero-order valence-corrected chi connectivity index (χ0v) is 17.1. The van der Waals surface area contributed by atoms with E-state index < -0.39 is 30.8 Å². The fraction of sp³-hybridized carbons (Fsp3) is 0.176. The van der Waals surface area contributed by atoms with Crippen molar-refractivity contribution in [3.8, 4) is 0 Å². The number of nitro groups is 1. The Morgan fingerprint density at radius 1 is 1.15 bits per heavy atom. The van der Waals surface area contributed by atoms with Crippen molar-refractivity contribution in [2.45, 2.75) is 17.5 Å². The summed E-state index contributed by atoms with van der Waals surface area (Å²) in [5.74, 6) is -1.10. The van der Waals surface area contributed by atoms with E-state index in [9.17, 15) is 24.8 Å². The Balaban J connectivity index is 2.28. The molecule has 0 saturated carbocycles. The van der Waals surface area contributed by atoms with E-state index in [1.807, 2.05) is 0 Å². The summed E-state index contributed by atoms with van der Waals surface area (Å²) in [5.41, 5.74) is 0.662. The van der Waals surface area contributed by atoms with Gasteiger partial charge in [0, 0.05) is 0 Å². The van der Waals surface area contributed by atoms with Gasteiger partial charge >= 0.3 is 166 Å². The summed E-state index contributed by atoms with van der Waals surface area (Å²) in [7, 11) is 0. The van der Waals surface area contributed by atoms with Crippen LogP contribution >= 0.6 is 23.2 Å². The Kier molecular flexibility index (Phi) is 6.45. The molecule has 2 aromatic rings. The zero-order valence-electron chi connectivity index (χ0n) is 13.5. The quantitative estimate of drug-likeness (QED) is 0.385. The molecule has 0 aromatic heterocycles. The van der Waals surface area contributed by atoms with E-state index in [2.05, 4.69) is 0 Å². The number of hydrogen-bond donors (Lipinski definition) is 1. The van der Waals surface area contributed by atoms with Crippen LogP contribution in [0.25, 0.3) is 0 Å². The summed E-state index contributed by atoms with van der Waals surface area (Å²) in [5, 5.41) is 20.8. The molecule has 9 heteroatoms. The molecule has 2 atom stereocenters. The van der Waals surface area contributed by atoms with Gasteiger partial charge in [-0.1, -0.05) is 0 Å². The molecule has 0 fully saturated rings. The second-order valence-electron chi connectivity index (χ2n) is 5.79. The molecular weight excluding hydrogens is 444 g/mol. The van der Waals surface area contributed by atoms with Crippen LogP contribution in [0.1, 0.15) is 22.8 Å². The van der Waals surface area contributed by atoms with Crippen LogP contribution in [-0.2, 0) is 11.2 Å². The van der Waals surface area contributed by atoms with Gasteiger partial charge in [-0.2, -0.15) is 0 Å². The number of rotatable bonds is 7. The Morgan fingerprint density at radius 2 is 1.69 bits per heavy atom. The van der Waals surface area contributed by atoms with Gasteiger partial charge in [-0.25, -0.2) is 0 Å². The number of nitro benzene ring substituents is 1. The second kappa shape index (κ2) is 8.21. The molecule has 2 rings (SSSR count). The Morgan fingerprint density at radius 3 is 2.15 bits per heavy atom. The van der Waals surface area contributed by atoms with Crippen molar-refractivity contribution < 1.29 is 19.6 Å².